The minimum Gasteiger partial charge on any atom is -0.374 e. The predicted molar refractivity (Wildman–Crippen MR) is 82.5 cm³/mol. The summed E-state index contributed by atoms with van der Waals surface area (Å²) in [6.45, 7) is 3.55. The summed E-state index contributed by atoms with van der Waals surface area (Å²) in [5, 5.41) is 7.23. The lowest BCUT2D eigenvalue weighted by atomic mass is 10.1. The SMILES string of the molecule is CCn1ncc(Cl)c1-c1ccc(N[C@H](C)C(F)(F)F)cc1Cl. The highest BCUT2D eigenvalue weighted by Gasteiger charge is 2.35. The minimum atomic E-state index is -4.32. The number of nitrogens with one attached hydrogen (secondary N) is 1. The van der Waals surface area contributed by atoms with Crippen molar-refractivity contribution in [1.29, 1.82) is 0 Å². The van der Waals surface area contributed by atoms with Crippen LogP contribution in [0.15, 0.2) is 24.4 Å². The number of aromatic nitrogens is 2. The summed E-state index contributed by atoms with van der Waals surface area (Å²) in [6.07, 6.45) is -2.82. The summed E-state index contributed by atoms with van der Waals surface area (Å²) in [7, 11) is 0. The van der Waals surface area contributed by atoms with Gasteiger partial charge in [-0.1, -0.05) is 23.2 Å². The van der Waals surface area contributed by atoms with Crippen LogP contribution in [0, 0.1) is 0 Å². The van der Waals surface area contributed by atoms with E-state index in [1.807, 2.05) is 6.92 Å². The largest absolute Gasteiger partial charge is 0.408 e. The van der Waals surface area contributed by atoms with Crippen LogP contribution in [-0.2, 0) is 6.54 Å². The van der Waals surface area contributed by atoms with Gasteiger partial charge >= 0.3 is 6.18 Å². The maximum atomic E-state index is 12.6. The van der Waals surface area contributed by atoms with Gasteiger partial charge in [0.05, 0.1) is 21.9 Å². The van der Waals surface area contributed by atoms with Crippen LogP contribution in [0.5, 0.6) is 0 Å². The van der Waals surface area contributed by atoms with Crippen LogP contribution in [0.25, 0.3) is 11.3 Å². The van der Waals surface area contributed by atoms with E-state index >= 15 is 0 Å². The van der Waals surface area contributed by atoms with E-state index in [2.05, 4.69) is 10.4 Å². The molecule has 2 rings (SSSR count). The predicted octanol–water partition coefficient (Wildman–Crippen LogP) is 5.24. The first kappa shape index (κ1) is 17.0. The fourth-order valence-electron chi connectivity index (χ4n) is 2.00. The molecule has 0 unspecified atom stereocenters. The molecular weight excluding hydrogens is 338 g/mol. The summed E-state index contributed by atoms with van der Waals surface area (Å²) in [6, 6.07) is 2.94. The molecule has 0 aliphatic carbocycles. The van der Waals surface area contributed by atoms with E-state index in [9.17, 15) is 13.2 Å². The van der Waals surface area contributed by atoms with Gasteiger partial charge in [-0.3, -0.25) is 4.68 Å². The van der Waals surface area contributed by atoms with Gasteiger partial charge in [-0.25, -0.2) is 0 Å². The van der Waals surface area contributed by atoms with Crippen molar-refractivity contribution in [3.8, 4) is 11.3 Å². The van der Waals surface area contributed by atoms with Gasteiger partial charge in [0.25, 0.3) is 0 Å². The molecule has 2 aromatic rings. The maximum Gasteiger partial charge on any atom is 0.408 e. The third kappa shape index (κ3) is 3.50. The molecule has 0 aliphatic heterocycles. The Balaban J connectivity index is 2.33. The number of anilines is 1. The normalized spacial score (nSPS) is 13.2. The molecule has 1 heterocycles. The molecule has 0 bridgehead atoms. The average Bonchev–Trinajstić information content (AvgIpc) is 2.79. The van der Waals surface area contributed by atoms with Crippen molar-refractivity contribution >= 4 is 28.9 Å². The molecule has 0 amide bonds. The molecule has 0 radical (unpaired) electrons. The summed E-state index contributed by atoms with van der Waals surface area (Å²) >= 11 is 12.3. The summed E-state index contributed by atoms with van der Waals surface area (Å²) in [4.78, 5) is 0. The number of aryl methyl sites for hydroxylation is 1. The van der Waals surface area contributed by atoms with Gasteiger partial charge in [-0.05, 0) is 32.0 Å². The van der Waals surface area contributed by atoms with E-state index in [0.29, 0.717) is 27.8 Å². The lowest BCUT2D eigenvalue weighted by Crippen LogP contribution is -2.33. The molecular formula is C14H14Cl2F3N3. The van der Waals surface area contributed by atoms with Crippen molar-refractivity contribution < 1.29 is 13.2 Å². The highest BCUT2D eigenvalue weighted by molar-refractivity contribution is 6.36. The number of halogens is 5. The van der Waals surface area contributed by atoms with Gasteiger partial charge in [-0.15, -0.1) is 0 Å². The van der Waals surface area contributed by atoms with Crippen LogP contribution in [0.1, 0.15) is 13.8 Å². The molecule has 3 nitrogen and oxygen atoms in total. The van der Waals surface area contributed by atoms with Crippen molar-refractivity contribution in [3.63, 3.8) is 0 Å². The van der Waals surface area contributed by atoms with E-state index in [1.54, 1.807) is 10.7 Å². The Morgan fingerprint density at radius 2 is 1.95 bits per heavy atom. The zero-order valence-electron chi connectivity index (χ0n) is 11.9. The van der Waals surface area contributed by atoms with E-state index in [1.165, 1.54) is 18.3 Å². The summed E-state index contributed by atoms with van der Waals surface area (Å²) < 4.78 is 39.4. The standard InChI is InChI=1S/C14H14Cl2F3N3/c1-3-22-13(12(16)7-20-22)10-5-4-9(6-11(10)15)21-8(2)14(17,18)19/h4-8,21H,3H2,1-2H3/t8-/m1/s1. The highest BCUT2D eigenvalue weighted by Crippen LogP contribution is 2.35. The average molecular weight is 352 g/mol. The second-order valence-electron chi connectivity index (χ2n) is 4.76. The second kappa shape index (κ2) is 6.38. The van der Waals surface area contributed by atoms with Gasteiger partial charge < -0.3 is 5.32 Å². The quantitative estimate of drug-likeness (QED) is 0.816. The molecule has 1 aromatic carbocycles. The summed E-state index contributed by atoms with van der Waals surface area (Å²) in [5.41, 5.74) is 1.55. The van der Waals surface area contributed by atoms with Gasteiger partial charge in [0.1, 0.15) is 6.04 Å². The van der Waals surface area contributed by atoms with Gasteiger partial charge in [0.15, 0.2) is 0 Å². The minimum absolute atomic E-state index is 0.289. The highest BCUT2D eigenvalue weighted by atomic mass is 35.5. The molecule has 0 saturated carbocycles. The Bertz CT molecular complexity index is 668. The van der Waals surface area contributed by atoms with E-state index in [-0.39, 0.29) is 5.69 Å². The lowest BCUT2D eigenvalue weighted by Gasteiger charge is -2.19. The number of hydrogen-bond acceptors (Lipinski definition) is 2. The van der Waals surface area contributed by atoms with E-state index in [0.717, 1.165) is 6.92 Å². The smallest absolute Gasteiger partial charge is 0.374 e. The van der Waals surface area contributed by atoms with Gasteiger partial charge in [-0.2, -0.15) is 18.3 Å². The fraction of sp³-hybridized carbons (Fsp3) is 0.357. The zero-order chi connectivity index (χ0) is 16.5. The van der Waals surface area contributed by atoms with Crippen LogP contribution in [0.2, 0.25) is 10.0 Å². The monoisotopic (exact) mass is 351 g/mol. The third-order valence-electron chi connectivity index (χ3n) is 3.19. The zero-order valence-corrected chi connectivity index (χ0v) is 13.4. The Hall–Kier alpha value is -1.40. The van der Waals surface area contributed by atoms with Crippen molar-refractivity contribution in [2.24, 2.45) is 0 Å². The third-order valence-corrected chi connectivity index (χ3v) is 3.78. The number of benzene rings is 1. The Labute approximate surface area is 136 Å². The number of nitrogens with zero attached hydrogens (tertiary/aromatic N) is 2. The fourth-order valence-corrected chi connectivity index (χ4v) is 2.51. The van der Waals surface area contributed by atoms with Gasteiger partial charge in [0, 0.05) is 17.8 Å². The molecule has 0 aliphatic rings. The molecule has 22 heavy (non-hydrogen) atoms. The molecule has 120 valence electrons. The van der Waals surface area contributed by atoms with Crippen molar-refractivity contribution in [2.45, 2.75) is 32.6 Å². The van der Waals surface area contributed by atoms with Gasteiger partial charge in [0.2, 0.25) is 0 Å². The molecule has 0 spiro atoms. The lowest BCUT2D eigenvalue weighted by molar-refractivity contribution is -0.138. The first-order valence-electron chi connectivity index (χ1n) is 6.58. The summed E-state index contributed by atoms with van der Waals surface area (Å²) in [5.74, 6) is 0. The molecule has 1 N–H and O–H groups in total. The van der Waals surface area contributed by atoms with Crippen molar-refractivity contribution in [1.82, 2.24) is 9.78 Å². The van der Waals surface area contributed by atoms with Crippen LogP contribution in [0.4, 0.5) is 18.9 Å². The van der Waals surface area contributed by atoms with E-state index < -0.39 is 12.2 Å². The molecule has 0 fully saturated rings. The molecule has 8 heteroatoms. The van der Waals surface area contributed by atoms with E-state index in [4.69, 9.17) is 23.2 Å². The van der Waals surface area contributed by atoms with Crippen LogP contribution in [0.3, 0.4) is 0 Å². The van der Waals surface area contributed by atoms with Crippen molar-refractivity contribution in [2.75, 3.05) is 5.32 Å². The second-order valence-corrected chi connectivity index (χ2v) is 5.57. The molecule has 0 saturated heterocycles. The number of hydrogen-bond donors (Lipinski definition) is 1. The van der Waals surface area contributed by atoms with Crippen molar-refractivity contribution in [3.05, 3.63) is 34.4 Å². The molecule has 1 aromatic heterocycles. The van der Waals surface area contributed by atoms with Crippen LogP contribution < -0.4 is 5.32 Å². The Morgan fingerprint density at radius 3 is 2.50 bits per heavy atom. The topological polar surface area (TPSA) is 29.9 Å². The molecule has 1 atom stereocenters. The Morgan fingerprint density at radius 1 is 1.27 bits per heavy atom. The first-order chi connectivity index (χ1) is 10.2. The number of rotatable bonds is 4. The Kier molecular flexibility index (Phi) is 4.92. The van der Waals surface area contributed by atoms with Crippen LogP contribution in [-0.4, -0.2) is 22.0 Å². The van der Waals surface area contributed by atoms with Crippen LogP contribution >= 0.6 is 23.2 Å². The number of alkyl halides is 3. The maximum absolute atomic E-state index is 12.6. The first-order valence-corrected chi connectivity index (χ1v) is 7.34.